The average Bonchev–Trinajstić information content (AvgIpc) is 2.49. The summed E-state index contributed by atoms with van der Waals surface area (Å²) in [5.41, 5.74) is 6.01. The summed E-state index contributed by atoms with van der Waals surface area (Å²) in [6.07, 6.45) is 0. The summed E-state index contributed by atoms with van der Waals surface area (Å²) in [5.74, 6) is 1.73. The molecule has 0 aliphatic carbocycles. The minimum Gasteiger partial charge on any atom is -0.497 e. The van der Waals surface area contributed by atoms with E-state index in [9.17, 15) is 4.79 Å². The zero-order chi connectivity index (χ0) is 15.2. The highest BCUT2D eigenvalue weighted by molar-refractivity contribution is 5.82. The molecule has 0 aliphatic rings. The molecule has 0 fully saturated rings. The minimum atomic E-state index is -0.421. The molecule has 21 heavy (non-hydrogen) atoms. The normalized spacial score (nSPS) is 11.5. The summed E-state index contributed by atoms with van der Waals surface area (Å²) in [6, 6.07) is 14.2. The predicted molar refractivity (Wildman–Crippen MR) is 81.8 cm³/mol. The fourth-order valence-corrected chi connectivity index (χ4v) is 1.74. The van der Waals surface area contributed by atoms with Crippen molar-refractivity contribution in [3.63, 3.8) is 0 Å². The van der Waals surface area contributed by atoms with Gasteiger partial charge in [0.05, 0.1) is 7.11 Å². The second-order valence-corrected chi connectivity index (χ2v) is 4.57. The number of ether oxygens (including phenoxy) is 2. The van der Waals surface area contributed by atoms with Crippen LogP contribution in [0.3, 0.4) is 0 Å². The van der Waals surface area contributed by atoms with Crippen LogP contribution in [0.15, 0.2) is 48.5 Å². The number of methoxy groups -OCH3 is 1. The Balaban J connectivity index is 2.03. The van der Waals surface area contributed by atoms with Crippen LogP contribution in [0.4, 0.5) is 5.69 Å². The summed E-state index contributed by atoms with van der Waals surface area (Å²) in [7, 11) is 1.61. The SMILES string of the molecule is COc1cccc(Oc2ccc(N[C@H](C)C(N)=O)cc2)c1. The maximum Gasteiger partial charge on any atom is 0.239 e. The molecule has 3 N–H and O–H groups in total. The van der Waals surface area contributed by atoms with Gasteiger partial charge in [0.15, 0.2) is 0 Å². The van der Waals surface area contributed by atoms with Gasteiger partial charge in [0, 0.05) is 11.8 Å². The van der Waals surface area contributed by atoms with Crippen molar-refractivity contribution in [1.29, 1.82) is 0 Å². The number of carbonyl (C=O) groups is 1. The van der Waals surface area contributed by atoms with Gasteiger partial charge >= 0.3 is 0 Å². The number of anilines is 1. The van der Waals surface area contributed by atoms with E-state index >= 15 is 0 Å². The number of hydrogen-bond donors (Lipinski definition) is 2. The summed E-state index contributed by atoms with van der Waals surface area (Å²) in [4.78, 5) is 11.0. The number of hydrogen-bond acceptors (Lipinski definition) is 4. The van der Waals surface area contributed by atoms with Crippen LogP contribution in [-0.4, -0.2) is 19.1 Å². The van der Waals surface area contributed by atoms with Crippen molar-refractivity contribution in [3.05, 3.63) is 48.5 Å². The molecule has 0 aromatic heterocycles. The molecular formula is C16H18N2O3. The van der Waals surface area contributed by atoms with Crippen LogP contribution in [-0.2, 0) is 4.79 Å². The summed E-state index contributed by atoms with van der Waals surface area (Å²) < 4.78 is 10.9. The number of amides is 1. The number of rotatable bonds is 6. The Labute approximate surface area is 123 Å². The Hall–Kier alpha value is -2.69. The number of nitrogens with two attached hydrogens (primary N) is 1. The van der Waals surface area contributed by atoms with E-state index in [0.29, 0.717) is 11.5 Å². The van der Waals surface area contributed by atoms with Crippen molar-refractivity contribution in [1.82, 2.24) is 0 Å². The molecule has 5 heteroatoms. The number of benzene rings is 2. The topological polar surface area (TPSA) is 73.6 Å². The van der Waals surface area contributed by atoms with E-state index in [1.165, 1.54) is 0 Å². The summed E-state index contributed by atoms with van der Waals surface area (Å²) in [5, 5.41) is 3.00. The lowest BCUT2D eigenvalue weighted by Gasteiger charge is -2.12. The van der Waals surface area contributed by atoms with Crippen molar-refractivity contribution >= 4 is 11.6 Å². The first-order chi connectivity index (χ1) is 10.1. The van der Waals surface area contributed by atoms with E-state index < -0.39 is 11.9 Å². The van der Waals surface area contributed by atoms with Gasteiger partial charge in [-0.15, -0.1) is 0 Å². The van der Waals surface area contributed by atoms with Gasteiger partial charge in [0.1, 0.15) is 23.3 Å². The fraction of sp³-hybridized carbons (Fsp3) is 0.188. The molecule has 0 spiro atoms. The van der Waals surface area contributed by atoms with Crippen LogP contribution in [0.25, 0.3) is 0 Å². The Morgan fingerprint density at radius 1 is 1.10 bits per heavy atom. The van der Waals surface area contributed by atoms with Gasteiger partial charge in [-0.1, -0.05) is 6.07 Å². The lowest BCUT2D eigenvalue weighted by Crippen LogP contribution is -2.32. The number of carbonyl (C=O) groups excluding carboxylic acids is 1. The van der Waals surface area contributed by atoms with Crippen LogP contribution in [0.5, 0.6) is 17.2 Å². The molecule has 2 aromatic carbocycles. The first kappa shape index (κ1) is 14.7. The van der Waals surface area contributed by atoms with E-state index in [1.807, 2.05) is 42.5 Å². The first-order valence-corrected chi connectivity index (χ1v) is 6.56. The van der Waals surface area contributed by atoms with Crippen molar-refractivity contribution in [2.75, 3.05) is 12.4 Å². The second-order valence-electron chi connectivity index (χ2n) is 4.57. The predicted octanol–water partition coefficient (Wildman–Crippen LogP) is 2.77. The van der Waals surface area contributed by atoms with Gasteiger partial charge in [-0.3, -0.25) is 4.79 Å². The molecule has 0 radical (unpaired) electrons. The third kappa shape index (κ3) is 4.14. The van der Waals surface area contributed by atoms with Gasteiger partial charge in [-0.25, -0.2) is 0 Å². The van der Waals surface area contributed by atoms with Gasteiger partial charge in [-0.2, -0.15) is 0 Å². The lowest BCUT2D eigenvalue weighted by molar-refractivity contribution is -0.118. The van der Waals surface area contributed by atoms with Crippen molar-refractivity contribution in [2.24, 2.45) is 5.73 Å². The molecule has 5 nitrogen and oxygen atoms in total. The van der Waals surface area contributed by atoms with E-state index in [-0.39, 0.29) is 0 Å². The van der Waals surface area contributed by atoms with Crippen LogP contribution >= 0.6 is 0 Å². The molecule has 0 saturated heterocycles. The van der Waals surface area contributed by atoms with Crippen LogP contribution in [0.2, 0.25) is 0 Å². The maximum absolute atomic E-state index is 11.0. The molecule has 0 aliphatic heterocycles. The zero-order valence-corrected chi connectivity index (χ0v) is 12.0. The molecule has 0 saturated carbocycles. The Bertz CT molecular complexity index is 611. The highest BCUT2D eigenvalue weighted by Crippen LogP contribution is 2.26. The zero-order valence-electron chi connectivity index (χ0n) is 12.0. The number of nitrogens with one attached hydrogen (secondary N) is 1. The monoisotopic (exact) mass is 286 g/mol. The molecule has 110 valence electrons. The third-order valence-corrected chi connectivity index (χ3v) is 2.94. The van der Waals surface area contributed by atoms with Gasteiger partial charge in [0.25, 0.3) is 0 Å². The third-order valence-electron chi connectivity index (χ3n) is 2.94. The van der Waals surface area contributed by atoms with Gasteiger partial charge in [-0.05, 0) is 43.3 Å². The van der Waals surface area contributed by atoms with Gasteiger partial charge in [0.2, 0.25) is 5.91 Å². The smallest absolute Gasteiger partial charge is 0.239 e. The van der Waals surface area contributed by atoms with Crippen molar-refractivity contribution < 1.29 is 14.3 Å². The van der Waals surface area contributed by atoms with Gasteiger partial charge < -0.3 is 20.5 Å². The average molecular weight is 286 g/mol. The summed E-state index contributed by atoms with van der Waals surface area (Å²) in [6.45, 7) is 1.71. The molecule has 1 atom stereocenters. The lowest BCUT2D eigenvalue weighted by atomic mass is 10.2. The fourth-order valence-electron chi connectivity index (χ4n) is 1.74. The molecule has 0 bridgehead atoms. The van der Waals surface area contributed by atoms with Crippen molar-refractivity contribution in [3.8, 4) is 17.2 Å². The molecule has 2 rings (SSSR count). The van der Waals surface area contributed by atoms with E-state index in [0.717, 1.165) is 11.4 Å². The van der Waals surface area contributed by atoms with Crippen LogP contribution < -0.4 is 20.5 Å². The van der Waals surface area contributed by atoms with E-state index in [2.05, 4.69) is 5.32 Å². The Morgan fingerprint density at radius 2 is 1.76 bits per heavy atom. The molecular weight excluding hydrogens is 268 g/mol. The largest absolute Gasteiger partial charge is 0.497 e. The van der Waals surface area contributed by atoms with Crippen LogP contribution in [0, 0.1) is 0 Å². The molecule has 0 heterocycles. The van der Waals surface area contributed by atoms with Crippen LogP contribution in [0.1, 0.15) is 6.92 Å². The Kier molecular flexibility index (Phi) is 4.66. The quantitative estimate of drug-likeness (QED) is 0.856. The van der Waals surface area contributed by atoms with E-state index in [4.69, 9.17) is 15.2 Å². The minimum absolute atomic E-state index is 0.397. The van der Waals surface area contributed by atoms with Crippen molar-refractivity contribution in [2.45, 2.75) is 13.0 Å². The second kappa shape index (κ2) is 6.65. The maximum atomic E-state index is 11.0. The highest BCUT2D eigenvalue weighted by Gasteiger charge is 2.07. The molecule has 1 amide bonds. The molecule has 2 aromatic rings. The first-order valence-electron chi connectivity index (χ1n) is 6.56. The Morgan fingerprint density at radius 3 is 2.38 bits per heavy atom. The molecule has 0 unspecified atom stereocenters. The number of primary amides is 1. The van der Waals surface area contributed by atoms with E-state index in [1.54, 1.807) is 20.1 Å². The summed E-state index contributed by atoms with van der Waals surface area (Å²) >= 11 is 0. The highest BCUT2D eigenvalue weighted by atomic mass is 16.5. The standard InChI is InChI=1S/C16H18N2O3/c1-11(16(17)19)18-12-6-8-13(9-7-12)21-15-5-3-4-14(10-15)20-2/h3-11,18H,1-2H3,(H2,17,19)/t11-/m1/s1.